The van der Waals surface area contributed by atoms with Crippen molar-refractivity contribution in [2.45, 2.75) is 10.6 Å². The number of benzene rings is 1. The Morgan fingerprint density at radius 2 is 2.00 bits per heavy atom. The number of hydrogen-bond donors (Lipinski definition) is 0. The number of thiophene rings is 1. The number of halogens is 1. The minimum Gasteiger partial charge on any atom is -0.267 e. The van der Waals surface area contributed by atoms with Gasteiger partial charge in [0.15, 0.2) is 0 Å². The van der Waals surface area contributed by atoms with E-state index in [0.29, 0.717) is 22.8 Å². The number of aromatic nitrogens is 2. The van der Waals surface area contributed by atoms with Crippen LogP contribution < -0.4 is 5.56 Å². The lowest BCUT2D eigenvalue weighted by atomic mass is 10.1. The van der Waals surface area contributed by atoms with Gasteiger partial charge in [-0.1, -0.05) is 22.9 Å². The standard InChI is InChI=1S/C16H10ClN3O3S2/c17-10-1-3-11(4-2-10)19-13(21)7-9-5-6-24-16-12(15(9)18-19)8-14(25-16)20(22)23/h1-4,7-8H,5-6H2. The van der Waals surface area contributed by atoms with E-state index in [0.717, 1.165) is 32.4 Å². The maximum absolute atomic E-state index is 12.5. The minimum atomic E-state index is -0.394. The van der Waals surface area contributed by atoms with Crippen molar-refractivity contribution >= 4 is 39.7 Å². The van der Waals surface area contributed by atoms with Crippen LogP contribution in [0.4, 0.5) is 5.00 Å². The molecule has 3 heterocycles. The van der Waals surface area contributed by atoms with Crippen LogP contribution in [0.3, 0.4) is 0 Å². The maximum Gasteiger partial charge on any atom is 0.325 e. The predicted molar refractivity (Wildman–Crippen MR) is 99.2 cm³/mol. The monoisotopic (exact) mass is 391 g/mol. The van der Waals surface area contributed by atoms with Gasteiger partial charge in [-0.3, -0.25) is 14.9 Å². The van der Waals surface area contributed by atoms with E-state index in [9.17, 15) is 14.9 Å². The molecule has 0 atom stereocenters. The van der Waals surface area contributed by atoms with Crippen LogP contribution in [0.5, 0.6) is 0 Å². The molecule has 2 aromatic heterocycles. The quantitative estimate of drug-likeness (QED) is 0.484. The zero-order chi connectivity index (χ0) is 17.6. The number of thioether (sulfide) groups is 1. The average Bonchev–Trinajstić information content (AvgIpc) is 2.94. The van der Waals surface area contributed by atoms with Crippen LogP contribution in [-0.4, -0.2) is 20.5 Å². The SMILES string of the molecule is O=c1cc2c(nn1-c1ccc(Cl)cc1)-c1cc([N+](=O)[O-])sc1SCC2. The molecular weight excluding hydrogens is 382 g/mol. The first kappa shape index (κ1) is 16.3. The molecule has 3 aromatic rings. The number of rotatable bonds is 2. The Labute approximate surface area is 155 Å². The molecule has 6 nitrogen and oxygen atoms in total. The fraction of sp³-hybridized carbons (Fsp3) is 0.125. The van der Waals surface area contributed by atoms with E-state index in [4.69, 9.17) is 11.6 Å². The molecule has 0 spiro atoms. The summed E-state index contributed by atoms with van der Waals surface area (Å²) in [6, 6.07) is 9.91. The molecule has 0 bridgehead atoms. The Bertz CT molecular complexity index is 1040. The molecule has 0 radical (unpaired) electrons. The normalized spacial score (nSPS) is 13.0. The number of nitrogens with zero attached hydrogens (tertiary/aromatic N) is 3. The second kappa shape index (κ2) is 6.29. The summed E-state index contributed by atoms with van der Waals surface area (Å²) in [6.07, 6.45) is 0.693. The number of hydrogen-bond acceptors (Lipinski definition) is 6. The third-order valence-corrected chi connectivity index (χ3v) is 6.43. The first-order valence-corrected chi connectivity index (χ1v) is 9.51. The van der Waals surface area contributed by atoms with Gasteiger partial charge in [0.25, 0.3) is 5.56 Å². The second-order valence-electron chi connectivity index (χ2n) is 5.39. The highest BCUT2D eigenvalue weighted by Gasteiger charge is 2.25. The van der Waals surface area contributed by atoms with Crippen molar-refractivity contribution in [1.82, 2.24) is 9.78 Å². The molecule has 0 unspecified atom stereocenters. The summed E-state index contributed by atoms with van der Waals surface area (Å²) in [7, 11) is 0. The van der Waals surface area contributed by atoms with Gasteiger partial charge in [0.1, 0.15) is 0 Å². The Hall–Kier alpha value is -2.16. The summed E-state index contributed by atoms with van der Waals surface area (Å²) in [4.78, 5) is 23.2. The summed E-state index contributed by atoms with van der Waals surface area (Å²) < 4.78 is 2.16. The lowest BCUT2D eigenvalue weighted by molar-refractivity contribution is -0.380. The zero-order valence-electron chi connectivity index (χ0n) is 12.6. The van der Waals surface area contributed by atoms with Crippen LogP contribution in [0.15, 0.2) is 45.4 Å². The van der Waals surface area contributed by atoms with E-state index in [1.54, 1.807) is 48.2 Å². The third-order valence-electron chi connectivity index (χ3n) is 3.81. The zero-order valence-corrected chi connectivity index (χ0v) is 15.0. The Balaban J connectivity index is 1.93. The molecule has 4 rings (SSSR count). The molecule has 9 heteroatoms. The van der Waals surface area contributed by atoms with Crippen molar-refractivity contribution in [1.29, 1.82) is 0 Å². The molecule has 1 aliphatic heterocycles. The average molecular weight is 392 g/mol. The van der Waals surface area contributed by atoms with Gasteiger partial charge in [-0.25, -0.2) is 0 Å². The highest BCUT2D eigenvalue weighted by atomic mass is 35.5. The van der Waals surface area contributed by atoms with E-state index >= 15 is 0 Å². The Morgan fingerprint density at radius 3 is 2.72 bits per heavy atom. The number of aryl methyl sites for hydroxylation is 1. The van der Waals surface area contributed by atoms with Gasteiger partial charge in [-0.05, 0) is 36.2 Å². The van der Waals surface area contributed by atoms with Crippen LogP contribution in [0.1, 0.15) is 5.56 Å². The molecule has 0 aliphatic carbocycles. The van der Waals surface area contributed by atoms with Gasteiger partial charge in [-0.15, -0.1) is 11.8 Å². The summed E-state index contributed by atoms with van der Waals surface area (Å²) in [5.41, 5.74) is 2.52. The minimum absolute atomic E-state index is 0.0800. The fourth-order valence-corrected chi connectivity index (χ4v) is 5.05. The highest BCUT2D eigenvalue weighted by molar-refractivity contribution is 8.01. The van der Waals surface area contributed by atoms with E-state index in [1.165, 1.54) is 4.68 Å². The lowest BCUT2D eigenvalue weighted by Gasteiger charge is -2.10. The van der Waals surface area contributed by atoms with E-state index in [1.807, 2.05) is 0 Å². The molecule has 1 aromatic carbocycles. The van der Waals surface area contributed by atoms with Crippen molar-refractivity contribution in [3.63, 3.8) is 0 Å². The molecule has 0 amide bonds. The van der Waals surface area contributed by atoms with Crippen LogP contribution in [0.25, 0.3) is 16.9 Å². The molecular formula is C16H10ClN3O3S2. The highest BCUT2D eigenvalue weighted by Crippen LogP contribution is 2.44. The maximum atomic E-state index is 12.5. The van der Waals surface area contributed by atoms with Crippen molar-refractivity contribution in [2.24, 2.45) is 0 Å². The molecule has 0 fully saturated rings. The first-order chi connectivity index (χ1) is 12.0. The number of fused-ring (bicyclic) bond motifs is 3. The van der Waals surface area contributed by atoms with Crippen LogP contribution in [0, 0.1) is 10.1 Å². The van der Waals surface area contributed by atoms with Gasteiger partial charge < -0.3 is 0 Å². The second-order valence-corrected chi connectivity index (χ2v) is 8.22. The topological polar surface area (TPSA) is 78.0 Å². The largest absolute Gasteiger partial charge is 0.325 e. The van der Waals surface area contributed by atoms with Crippen LogP contribution in [-0.2, 0) is 6.42 Å². The lowest BCUT2D eigenvalue weighted by Crippen LogP contribution is -2.22. The summed E-state index contributed by atoms with van der Waals surface area (Å²) >= 11 is 8.61. The van der Waals surface area contributed by atoms with Gasteiger partial charge in [0.2, 0.25) is 0 Å². The Kier molecular flexibility index (Phi) is 4.10. The van der Waals surface area contributed by atoms with Crippen LogP contribution in [0.2, 0.25) is 5.02 Å². The van der Waals surface area contributed by atoms with E-state index in [2.05, 4.69) is 5.10 Å². The van der Waals surface area contributed by atoms with Crippen molar-refractivity contribution in [3.8, 4) is 16.9 Å². The van der Waals surface area contributed by atoms with Crippen molar-refractivity contribution in [2.75, 3.05) is 5.75 Å². The summed E-state index contributed by atoms with van der Waals surface area (Å²) in [6.45, 7) is 0. The molecule has 1 aliphatic rings. The number of nitro groups is 1. The third kappa shape index (κ3) is 2.97. The summed E-state index contributed by atoms with van der Waals surface area (Å²) in [5.74, 6) is 0.754. The first-order valence-electron chi connectivity index (χ1n) is 7.33. The fourth-order valence-electron chi connectivity index (χ4n) is 2.65. The van der Waals surface area contributed by atoms with Gasteiger partial charge in [-0.2, -0.15) is 9.78 Å². The van der Waals surface area contributed by atoms with Gasteiger partial charge in [0.05, 0.1) is 20.5 Å². The molecule has 126 valence electrons. The van der Waals surface area contributed by atoms with E-state index < -0.39 is 4.92 Å². The van der Waals surface area contributed by atoms with Gasteiger partial charge >= 0.3 is 5.00 Å². The smallest absolute Gasteiger partial charge is 0.267 e. The predicted octanol–water partition coefficient (Wildman–Crippen LogP) is 4.17. The van der Waals surface area contributed by atoms with E-state index in [-0.39, 0.29) is 10.6 Å². The van der Waals surface area contributed by atoms with Crippen LogP contribution >= 0.6 is 34.7 Å². The Morgan fingerprint density at radius 1 is 1.24 bits per heavy atom. The van der Waals surface area contributed by atoms with Crippen molar-refractivity contribution < 1.29 is 4.92 Å². The summed E-state index contributed by atoms with van der Waals surface area (Å²) in [5, 5.41) is 16.3. The molecule has 0 saturated heterocycles. The molecule has 25 heavy (non-hydrogen) atoms. The molecule has 0 N–H and O–H groups in total. The van der Waals surface area contributed by atoms with Gasteiger partial charge in [0, 0.05) is 28.5 Å². The van der Waals surface area contributed by atoms with Crippen molar-refractivity contribution in [3.05, 3.63) is 67.5 Å². The molecule has 0 saturated carbocycles.